The van der Waals surface area contributed by atoms with Crippen molar-refractivity contribution in [2.24, 2.45) is 0 Å². The Morgan fingerprint density at radius 1 is 1.73 bits per heavy atom. The highest BCUT2D eigenvalue weighted by Crippen LogP contribution is 2.22. The summed E-state index contributed by atoms with van der Waals surface area (Å²) < 4.78 is 0.814. The number of hydrogen-bond donors (Lipinski definition) is 0. The number of aromatic nitrogens is 1. The van der Waals surface area contributed by atoms with E-state index in [4.69, 9.17) is 16.9 Å². The molecule has 0 atom stereocenters. The summed E-state index contributed by atoms with van der Waals surface area (Å²) in [5, 5.41) is 8.86. The molecule has 2 nitrogen and oxygen atoms in total. The molecule has 0 aromatic carbocycles. The van der Waals surface area contributed by atoms with E-state index in [1.165, 1.54) is 0 Å². The van der Waals surface area contributed by atoms with Gasteiger partial charge in [0.15, 0.2) is 0 Å². The van der Waals surface area contributed by atoms with Gasteiger partial charge in [-0.05, 0) is 13.0 Å². The number of rotatable bonds is 0. The molecule has 0 N–H and O–H groups in total. The van der Waals surface area contributed by atoms with Crippen molar-refractivity contribution in [3.63, 3.8) is 0 Å². The van der Waals surface area contributed by atoms with E-state index in [0.29, 0.717) is 10.8 Å². The van der Waals surface area contributed by atoms with Crippen molar-refractivity contribution in [2.75, 3.05) is 0 Å². The largest absolute Gasteiger partial charge is 0.225 e. The molecule has 0 spiro atoms. The first-order valence-electron chi connectivity index (χ1n) is 2.88. The summed E-state index contributed by atoms with van der Waals surface area (Å²) in [4.78, 5) is 3.83. The summed E-state index contributed by atoms with van der Waals surface area (Å²) in [6.45, 7) is 1.83. The third-order valence-corrected chi connectivity index (χ3v) is 2.46. The van der Waals surface area contributed by atoms with Crippen LogP contribution in [-0.4, -0.2) is 4.98 Å². The van der Waals surface area contributed by atoms with Gasteiger partial charge in [-0.1, -0.05) is 27.5 Å². The SMILES string of the molecule is Cc1c(Br)cc(C#N)nc1Cl. The average Bonchev–Trinajstić information content (AvgIpc) is 1.99. The van der Waals surface area contributed by atoms with Gasteiger partial charge in [0.25, 0.3) is 0 Å². The van der Waals surface area contributed by atoms with Crippen molar-refractivity contribution < 1.29 is 0 Å². The van der Waals surface area contributed by atoms with Gasteiger partial charge in [0.2, 0.25) is 0 Å². The standard InChI is InChI=1S/C7H4BrClN2/c1-4-6(8)2-5(3-10)11-7(4)9/h2H,1H3. The minimum Gasteiger partial charge on any atom is -0.225 e. The fourth-order valence-corrected chi connectivity index (χ4v) is 1.32. The Morgan fingerprint density at radius 2 is 2.36 bits per heavy atom. The van der Waals surface area contributed by atoms with Crippen LogP contribution in [-0.2, 0) is 0 Å². The molecular formula is C7H4BrClN2. The molecule has 0 fully saturated rings. The molecule has 0 aliphatic rings. The zero-order valence-corrected chi connectivity index (χ0v) is 8.07. The van der Waals surface area contributed by atoms with Gasteiger partial charge in [-0.25, -0.2) is 4.98 Å². The molecule has 0 radical (unpaired) electrons. The lowest BCUT2D eigenvalue weighted by atomic mass is 10.3. The second-order valence-corrected chi connectivity index (χ2v) is 3.23. The van der Waals surface area contributed by atoms with Gasteiger partial charge in [-0.2, -0.15) is 5.26 Å². The fourth-order valence-electron chi connectivity index (χ4n) is 0.606. The number of hydrogen-bond acceptors (Lipinski definition) is 2. The van der Waals surface area contributed by atoms with Gasteiger partial charge in [-0.3, -0.25) is 0 Å². The predicted molar refractivity (Wildman–Crippen MR) is 46.4 cm³/mol. The highest BCUT2D eigenvalue weighted by molar-refractivity contribution is 9.10. The van der Waals surface area contributed by atoms with Crippen molar-refractivity contribution in [1.29, 1.82) is 5.26 Å². The normalized spacial score (nSPS) is 9.27. The van der Waals surface area contributed by atoms with Gasteiger partial charge in [0.1, 0.15) is 16.9 Å². The lowest BCUT2D eigenvalue weighted by molar-refractivity contribution is 1.21. The first kappa shape index (κ1) is 8.51. The van der Waals surface area contributed by atoms with Gasteiger partial charge >= 0.3 is 0 Å². The monoisotopic (exact) mass is 230 g/mol. The zero-order chi connectivity index (χ0) is 8.43. The molecule has 1 aromatic heterocycles. The average molecular weight is 231 g/mol. The highest BCUT2D eigenvalue weighted by atomic mass is 79.9. The van der Waals surface area contributed by atoms with Gasteiger partial charge in [0.05, 0.1) is 0 Å². The zero-order valence-electron chi connectivity index (χ0n) is 5.73. The molecular weight excluding hydrogens is 227 g/mol. The van der Waals surface area contributed by atoms with Crippen molar-refractivity contribution in [2.45, 2.75) is 6.92 Å². The van der Waals surface area contributed by atoms with Crippen LogP contribution in [0.1, 0.15) is 11.3 Å². The van der Waals surface area contributed by atoms with Crippen molar-refractivity contribution >= 4 is 27.5 Å². The van der Waals surface area contributed by atoms with Crippen molar-refractivity contribution in [1.82, 2.24) is 4.98 Å². The molecule has 0 saturated heterocycles. The van der Waals surface area contributed by atoms with E-state index >= 15 is 0 Å². The van der Waals surface area contributed by atoms with E-state index in [1.807, 2.05) is 13.0 Å². The summed E-state index contributed by atoms with van der Waals surface area (Å²) in [6.07, 6.45) is 0. The molecule has 56 valence electrons. The summed E-state index contributed by atoms with van der Waals surface area (Å²) in [7, 11) is 0. The molecule has 4 heteroatoms. The molecule has 0 saturated carbocycles. The first-order chi connectivity index (χ1) is 5.15. The molecule has 0 bridgehead atoms. The molecule has 0 unspecified atom stereocenters. The summed E-state index contributed by atoms with van der Waals surface area (Å²) in [5.41, 5.74) is 1.18. The lowest BCUT2D eigenvalue weighted by Crippen LogP contribution is -1.87. The predicted octanol–water partition coefficient (Wildman–Crippen LogP) is 2.68. The first-order valence-corrected chi connectivity index (χ1v) is 4.05. The van der Waals surface area contributed by atoms with Crippen LogP contribution >= 0.6 is 27.5 Å². The van der Waals surface area contributed by atoms with Crippen LogP contribution in [0, 0.1) is 18.3 Å². The summed E-state index contributed by atoms with van der Waals surface area (Å²) in [6, 6.07) is 3.55. The number of nitriles is 1. The molecule has 1 rings (SSSR count). The Morgan fingerprint density at radius 3 is 2.82 bits per heavy atom. The van der Waals surface area contributed by atoms with E-state index in [9.17, 15) is 0 Å². The second-order valence-electron chi connectivity index (χ2n) is 2.02. The smallest absolute Gasteiger partial charge is 0.143 e. The van der Waals surface area contributed by atoms with Gasteiger partial charge in [0, 0.05) is 10.0 Å². The highest BCUT2D eigenvalue weighted by Gasteiger charge is 2.03. The Bertz CT molecular complexity index is 307. The molecule has 1 heterocycles. The fraction of sp³-hybridized carbons (Fsp3) is 0.143. The third kappa shape index (κ3) is 1.70. The minimum atomic E-state index is 0.326. The molecule has 0 aliphatic heterocycles. The van der Waals surface area contributed by atoms with E-state index in [-0.39, 0.29) is 0 Å². The Labute approximate surface area is 77.9 Å². The van der Waals surface area contributed by atoms with Crippen molar-refractivity contribution in [3.8, 4) is 6.07 Å². The van der Waals surface area contributed by atoms with Crippen LogP contribution in [0.15, 0.2) is 10.5 Å². The summed E-state index contributed by atoms with van der Waals surface area (Å²) >= 11 is 8.97. The second kappa shape index (κ2) is 3.21. The molecule has 0 amide bonds. The van der Waals surface area contributed by atoms with E-state index in [0.717, 1.165) is 10.0 Å². The van der Waals surface area contributed by atoms with Crippen LogP contribution in [0.3, 0.4) is 0 Å². The third-order valence-electron chi connectivity index (χ3n) is 1.26. The molecule has 11 heavy (non-hydrogen) atoms. The Hall–Kier alpha value is -0.590. The van der Waals surface area contributed by atoms with Gasteiger partial charge in [-0.15, -0.1) is 0 Å². The van der Waals surface area contributed by atoms with Crippen LogP contribution in [0.25, 0.3) is 0 Å². The molecule has 1 aromatic rings. The number of pyridine rings is 1. The van der Waals surface area contributed by atoms with Crippen LogP contribution in [0.5, 0.6) is 0 Å². The maximum absolute atomic E-state index is 8.49. The quantitative estimate of drug-likeness (QED) is 0.644. The maximum Gasteiger partial charge on any atom is 0.143 e. The number of halogens is 2. The van der Waals surface area contributed by atoms with E-state index in [2.05, 4.69) is 20.9 Å². The van der Waals surface area contributed by atoms with Crippen LogP contribution in [0.2, 0.25) is 5.15 Å². The minimum absolute atomic E-state index is 0.326. The topological polar surface area (TPSA) is 36.7 Å². The Kier molecular flexibility index (Phi) is 2.48. The lowest BCUT2D eigenvalue weighted by Gasteiger charge is -1.99. The number of nitrogens with zero attached hydrogens (tertiary/aromatic N) is 2. The summed E-state index contributed by atoms with van der Waals surface area (Å²) in [5.74, 6) is 0. The van der Waals surface area contributed by atoms with Crippen molar-refractivity contribution in [3.05, 3.63) is 26.9 Å². The molecule has 0 aliphatic carbocycles. The van der Waals surface area contributed by atoms with Gasteiger partial charge < -0.3 is 0 Å². The van der Waals surface area contributed by atoms with E-state index in [1.54, 1.807) is 6.07 Å². The Balaban J connectivity index is 3.35. The van der Waals surface area contributed by atoms with Crippen LogP contribution in [0.4, 0.5) is 0 Å². The maximum atomic E-state index is 8.49. The van der Waals surface area contributed by atoms with Crippen LogP contribution < -0.4 is 0 Å². The van der Waals surface area contributed by atoms with E-state index < -0.39 is 0 Å².